The lowest BCUT2D eigenvalue weighted by molar-refractivity contribution is -0.114. The first-order chi connectivity index (χ1) is 17.0. The largest absolute Gasteiger partial charge is 0.495 e. The smallest absolute Gasteiger partial charge is 0.267 e. The minimum absolute atomic E-state index is 0.240. The number of aromatic nitrogens is 6. The predicted molar refractivity (Wildman–Crippen MR) is 134 cm³/mol. The molecule has 0 saturated heterocycles. The maximum absolute atomic E-state index is 13.8. The molecule has 3 heterocycles. The van der Waals surface area contributed by atoms with Crippen LogP contribution in [0.25, 0.3) is 27.8 Å². The zero-order valence-electron chi connectivity index (χ0n) is 18.6. The Morgan fingerprint density at radius 3 is 2.89 bits per heavy atom. The second-order valence-electron chi connectivity index (χ2n) is 7.44. The fourth-order valence-corrected chi connectivity index (χ4v) is 4.84. The Kier molecular flexibility index (Phi) is 6.10. The number of rotatable bonds is 6. The van der Waals surface area contributed by atoms with E-state index >= 15 is 0 Å². The number of fused-ring (bicyclic) bond motifs is 2. The van der Waals surface area contributed by atoms with Crippen LogP contribution in [0.5, 0.6) is 5.75 Å². The highest BCUT2D eigenvalue weighted by atomic mass is 35.5. The number of imidazole rings is 1. The summed E-state index contributed by atoms with van der Waals surface area (Å²) in [6.45, 7) is 1.41. The lowest BCUT2D eigenvalue weighted by Crippen LogP contribution is -2.24. The number of methoxy groups -OCH3 is 1. The molecule has 0 unspecified atom stereocenters. The van der Waals surface area contributed by atoms with Crippen LogP contribution >= 0.6 is 23.4 Å². The highest BCUT2D eigenvalue weighted by Crippen LogP contribution is 2.31. The van der Waals surface area contributed by atoms with Gasteiger partial charge in [0.2, 0.25) is 5.91 Å². The van der Waals surface area contributed by atoms with E-state index in [2.05, 4.69) is 25.3 Å². The Bertz CT molecular complexity index is 1650. The molecule has 5 aromatic rings. The first kappa shape index (κ1) is 22.8. The first-order valence-electron chi connectivity index (χ1n) is 10.4. The number of H-pyrrole nitrogens is 1. The van der Waals surface area contributed by atoms with E-state index in [-0.39, 0.29) is 22.6 Å². The lowest BCUT2D eigenvalue weighted by Gasteiger charge is -2.17. The Hall–Kier alpha value is -3.96. The molecule has 0 saturated carbocycles. The molecule has 0 aliphatic carbocycles. The van der Waals surface area contributed by atoms with Gasteiger partial charge in [0.15, 0.2) is 5.65 Å². The van der Waals surface area contributed by atoms with Crippen molar-refractivity contribution in [2.45, 2.75) is 17.7 Å². The van der Waals surface area contributed by atoms with Gasteiger partial charge in [0.25, 0.3) is 5.56 Å². The van der Waals surface area contributed by atoms with E-state index in [0.29, 0.717) is 49.7 Å². The van der Waals surface area contributed by atoms with Gasteiger partial charge in [-0.3, -0.25) is 14.2 Å². The van der Waals surface area contributed by atoms with E-state index in [1.807, 2.05) is 0 Å². The van der Waals surface area contributed by atoms with E-state index in [0.717, 1.165) is 0 Å². The minimum atomic E-state index is -0.358. The van der Waals surface area contributed by atoms with Crippen LogP contribution in [0.3, 0.4) is 0 Å². The van der Waals surface area contributed by atoms with Gasteiger partial charge in [0.05, 0.1) is 40.8 Å². The van der Waals surface area contributed by atoms with E-state index < -0.39 is 0 Å². The number of benzene rings is 2. The van der Waals surface area contributed by atoms with Crippen LogP contribution in [0.2, 0.25) is 5.02 Å². The highest BCUT2D eigenvalue weighted by molar-refractivity contribution is 7.98. The number of hydrogen-bond acceptors (Lipinski definition) is 8. The third-order valence-electron chi connectivity index (χ3n) is 5.18. The quantitative estimate of drug-likeness (QED) is 0.261. The second-order valence-corrected chi connectivity index (χ2v) is 8.81. The second kappa shape index (κ2) is 9.35. The maximum atomic E-state index is 13.8. The van der Waals surface area contributed by atoms with Crippen molar-refractivity contribution in [2.24, 2.45) is 0 Å². The zero-order valence-corrected chi connectivity index (χ0v) is 20.1. The summed E-state index contributed by atoms with van der Waals surface area (Å²) in [7, 11) is 1.51. The number of carbonyl (C=O) groups excluding carboxylic acids is 1. The molecule has 10 nitrogen and oxygen atoms in total. The van der Waals surface area contributed by atoms with Crippen molar-refractivity contribution in [2.75, 3.05) is 12.4 Å². The highest BCUT2D eigenvalue weighted by Gasteiger charge is 2.19. The summed E-state index contributed by atoms with van der Waals surface area (Å²) in [5.74, 6) is 0.922. The number of aromatic amines is 1. The number of ether oxygens (including phenoxy) is 1. The summed E-state index contributed by atoms with van der Waals surface area (Å²) in [6, 6.07) is 10.2. The zero-order chi connectivity index (χ0) is 24.5. The number of carbonyl (C=O) groups is 1. The molecule has 0 aliphatic heterocycles. The monoisotopic (exact) mass is 507 g/mol. The summed E-state index contributed by atoms with van der Waals surface area (Å²) in [5.41, 5.74) is 2.28. The average molecular weight is 508 g/mol. The third-order valence-corrected chi connectivity index (χ3v) is 6.48. The van der Waals surface area contributed by atoms with Crippen molar-refractivity contribution in [1.29, 1.82) is 0 Å². The predicted octanol–water partition coefficient (Wildman–Crippen LogP) is 3.96. The Morgan fingerprint density at radius 2 is 2.09 bits per heavy atom. The molecule has 0 atom stereocenters. The number of amides is 1. The fourth-order valence-electron chi connectivity index (χ4n) is 3.71. The van der Waals surface area contributed by atoms with Gasteiger partial charge in [-0.25, -0.2) is 19.9 Å². The van der Waals surface area contributed by atoms with Gasteiger partial charge < -0.3 is 15.0 Å². The van der Waals surface area contributed by atoms with Gasteiger partial charge in [0.1, 0.15) is 28.4 Å². The normalized spacial score (nSPS) is 11.2. The van der Waals surface area contributed by atoms with Crippen molar-refractivity contribution in [1.82, 2.24) is 29.5 Å². The van der Waals surface area contributed by atoms with E-state index in [1.165, 1.54) is 36.7 Å². The molecular weight excluding hydrogens is 490 g/mol. The lowest BCUT2D eigenvalue weighted by atomic mass is 10.2. The van der Waals surface area contributed by atoms with Gasteiger partial charge >= 0.3 is 0 Å². The Labute approximate surface area is 207 Å². The molecule has 1 amide bonds. The average Bonchev–Trinajstić information content (AvgIpc) is 3.32. The molecule has 0 spiro atoms. The van der Waals surface area contributed by atoms with Crippen LogP contribution in [0.1, 0.15) is 12.7 Å². The molecule has 0 radical (unpaired) electrons. The van der Waals surface area contributed by atoms with Crippen LogP contribution in [0, 0.1) is 0 Å². The first-order valence-corrected chi connectivity index (χ1v) is 11.8. The number of nitrogens with one attached hydrogen (secondary N) is 2. The van der Waals surface area contributed by atoms with Crippen LogP contribution < -0.4 is 15.6 Å². The van der Waals surface area contributed by atoms with E-state index in [1.54, 1.807) is 42.7 Å². The molecule has 3 aromatic heterocycles. The Morgan fingerprint density at radius 1 is 1.23 bits per heavy atom. The molecule has 0 bridgehead atoms. The summed E-state index contributed by atoms with van der Waals surface area (Å²) in [5, 5.41) is 3.98. The standard InChI is InChI=1S/C23H18ClN7O3S/c1-12(32)29-13-6-7-17(34-2)16(8-13)31-18(30-15-5-3-4-14(24)19(15)23(31)33)9-35-22-20-21(26-10-25-20)27-11-28-22/h3-8,10-11H,9H2,1-2H3,(H,29,32)(H,25,26,27,28). The Balaban J connectivity index is 1.70. The van der Waals surface area contributed by atoms with Gasteiger partial charge in [-0.15, -0.1) is 0 Å². The van der Waals surface area contributed by atoms with Crippen molar-refractivity contribution in [3.63, 3.8) is 0 Å². The van der Waals surface area contributed by atoms with Crippen molar-refractivity contribution >= 4 is 57.0 Å². The van der Waals surface area contributed by atoms with Crippen LogP contribution in [-0.2, 0) is 10.5 Å². The third kappa shape index (κ3) is 4.31. The van der Waals surface area contributed by atoms with E-state index in [4.69, 9.17) is 21.3 Å². The van der Waals surface area contributed by atoms with Gasteiger partial charge in [-0.2, -0.15) is 0 Å². The SMILES string of the molecule is COc1ccc(NC(C)=O)cc1-n1c(CSc2ncnc3nc[nH]c23)nc2cccc(Cl)c2c1=O. The van der Waals surface area contributed by atoms with E-state index in [9.17, 15) is 9.59 Å². The number of thioether (sulfide) groups is 1. The number of anilines is 1. The maximum Gasteiger partial charge on any atom is 0.267 e. The van der Waals surface area contributed by atoms with Crippen LogP contribution in [0.15, 0.2) is 58.9 Å². The summed E-state index contributed by atoms with van der Waals surface area (Å²) >= 11 is 7.78. The molecule has 2 N–H and O–H groups in total. The molecule has 0 aliphatic rings. The fraction of sp³-hybridized carbons (Fsp3) is 0.130. The summed E-state index contributed by atoms with van der Waals surface area (Å²) in [4.78, 5) is 45.9. The van der Waals surface area contributed by atoms with Crippen LogP contribution in [-0.4, -0.2) is 42.5 Å². The molecule has 35 heavy (non-hydrogen) atoms. The number of halogens is 1. The molecular formula is C23H18ClN7O3S. The summed E-state index contributed by atoms with van der Waals surface area (Å²) < 4.78 is 7.00. The summed E-state index contributed by atoms with van der Waals surface area (Å²) in [6.07, 6.45) is 2.99. The molecule has 5 rings (SSSR count). The van der Waals surface area contributed by atoms with Crippen molar-refractivity contribution in [3.05, 3.63) is 70.3 Å². The van der Waals surface area contributed by atoms with Gasteiger partial charge in [-0.05, 0) is 30.3 Å². The topological polar surface area (TPSA) is 128 Å². The van der Waals surface area contributed by atoms with Crippen LogP contribution in [0.4, 0.5) is 5.69 Å². The number of nitrogens with zero attached hydrogens (tertiary/aromatic N) is 5. The molecule has 2 aromatic carbocycles. The van der Waals surface area contributed by atoms with Crippen molar-refractivity contribution in [3.8, 4) is 11.4 Å². The molecule has 12 heteroatoms. The molecule has 0 fully saturated rings. The number of hydrogen-bond donors (Lipinski definition) is 2. The van der Waals surface area contributed by atoms with Gasteiger partial charge in [0, 0.05) is 12.6 Å². The minimum Gasteiger partial charge on any atom is -0.495 e. The van der Waals surface area contributed by atoms with Gasteiger partial charge in [-0.1, -0.05) is 29.4 Å². The molecule has 176 valence electrons. The van der Waals surface area contributed by atoms with Crippen molar-refractivity contribution < 1.29 is 9.53 Å².